The lowest BCUT2D eigenvalue weighted by Gasteiger charge is -2.23. The number of aryl methyl sites for hydroxylation is 1. The van der Waals surface area contributed by atoms with Crippen molar-refractivity contribution in [3.05, 3.63) is 64.7 Å². The first-order chi connectivity index (χ1) is 25.1. The largest absolute Gasteiger partial charge is 0.748 e. The van der Waals surface area contributed by atoms with Crippen LogP contribution in [0.1, 0.15) is 50.9 Å². The molecular weight excluding hydrogens is 777 g/mol. The minimum Gasteiger partial charge on any atom is -0.748 e. The number of aromatic nitrogens is 2. The quantitative estimate of drug-likeness (QED) is 0.0665. The molecule has 1 atom stereocenters. The Labute approximate surface area is 319 Å². The van der Waals surface area contributed by atoms with E-state index in [1.807, 2.05) is 36.6 Å². The first-order valence-electron chi connectivity index (χ1n) is 16.9. The van der Waals surface area contributed by atoms with Gasteiger partial charge in [-0.15, -0.1) is 4.57 Å². The van der Waals surface area contributed by atoms with E-state index in [2.05, 4.69) is 11.3 Å². The Morgan fingerprint density at radius 3 is 2.51 bits per heavy atom. The zero-order chi connectivity index (χ0) is 38.5. The van der Waals surface area contributed by atoms with E-state index >= 15 is 0 Å². The number of alkyl halides is 3. The van der Waals surface area contributed by atoms with Gasteiger partial charge in [0.2, 0.25) is 11.1 Å². The Bertz CT molecular complexity index is 2070. The van der Waals surface area contributed by atoms with Crippen LogP contribution < -0.4 is 14.4 Å². The molecule has 0 amide bonds. The summed E-state index contributed by atoms with van der Waals surface area (Å²) in [7, 11) is -1.07. The second-order valence-corrected chi connectivity index (χ2v) is 15.8. The number of anilines is 2. The summed E-state index contributed by atoms with van der Waals surface area (Å²) >= 11 is 5.26. The topological polar surface area (TPSA) is 114 Å². The van der Waals surface area contributed by atoms with Crippen molar-refractivity contribution < 1.29 is 43.5 Å². The summed E-state index contributed by atoms with van der Waals surface area (Å²) < 4.78 is 104. The van der Waals surface area contributed by atoms with Crippen molar-refractivity contribution in [2.45, 2.75) is 50.6 Å². The van der Waals surface area contributed by atoms with Crippen LogP contribution in [0, 0.1) is 11.3 Å². The molecule has 288 valence electrons. The van der Waals surface area contributed by atoms with Gasteiger partial charge in [-0.1, -0.05) is 37.9 Å². The molecule has 1 aromatic heterocycles. The number of fused-ring (bicyclic) bond motifs is 2. The average molecular weight is 817 g/mol. The summed E-state index contributed by atoms with van der Waals surface area (Å²) in [5.41, 5.74) is 0.897. The Kier molecular flexibility index (Phi) is 13.6. The highest BCUT2D eigenvalue weighted by molar-refractivity contribution is 7.99. The highest BCUT2D eigenvalue weighted by Crippen LogP contribution is 2.47. The molecule has 2 aliphatic rings. The van der Waals surface area contributed by atoms with Gasteiger partial charge in [0.1, 0.15) is 23.9 Å². The molecule has 2 aromatic carbocycles. The molecule has 0 aliphatic carbocycles. The number of hydrogen-bond acceptors (Lipinski definition) is 11. The van der Waals surface area contributed by atoms with Gasteiger partial charge < -0.3 is 14.4 Å². The van der Waals surface area contributed by atoms with Crippen molar-refractivity contribution in [2.24, 2.45) is 7.05 Å². The summed E-state index contributed by atoms with van der Waals surface area (Å²) in [5, 5.41) is 5.98. The lowest BCUT2D eigenvalue weighted by Crippen LogP contribution is -2.30. The first-order valence-corrected chi connectivity index (χ1v) is 20.6. The van der Waals surface area contributed by atoms with E-state index in [1.165, 1.54) is 11.0 Å². The first kappa shape index (κ1) is 41.1. The van der Waals surface area contributed by atoms with Crippen molar-refractivity contribution in [1.29, 1.82) is 0 Å². The van der Waals surface area contributed by atoms with Crippen LogP contribution in [0.4, 0.5) is 24.5 Å². The lowest BCUT2D eigenvalue weighted by atomic mass is 10.1. The predicted octanol–water partition coefficient (Wildman–Crippen LogP) is 6.01. The fourth-order valence-corrected chi connectivity index (χ4v) is 8.09. The van der Waals surface area contributed by atoms with E-state index in [1.54, 1.807) is 51.9 Å². The van der Waals surface area contributed by atoms with Gasteiger partial charge in [0.15, 0.2) is 11.0 Å². The second-order valence-electron chi connectivity index (χ2n) is 12.2. The van der Waals surface area contributed by atoms with Crippen molar-refractivity contribution in [3.63, 3.8) is 0 Å². The maximum Gasteiger partial charge on any atom is 0.417 e. The van der Waals surface area contributed by atoms with Gasteiger partial charge in [0, 0.05) is 62.9 Å². The molecule has 0 saturated carbocycles. The van der Waals surface area contributed by atoms with Crippen LogP contribution in [0.5, 0.6) is 0 Å². The molecule has 3 heterocycles. The number of halogens is 4. The second kappa shape index (κ2) is 17.6. The average Bonchev–Trinajstić information content (AvgIpc) is 3.52. The van der Waals surface area contributed by atoms with E-state index in [0.717, 1.165) is 56.0 Å². The highest BCUT2D eigenvalue weighted by Gasteiger charge is 2.38. The molecule has 0 bridgehead atoms. The van der Waals surface area contributed by atoms with Gasteiger partial charge in [0.25, 0.3) is 5.82 Å². The monoisotopic (exact) mass is 816 g/mol. The van der Waals surface area contributed by atoms with Gasteiger partial charge in [-0.05, 0) is 49.6 Å². The normalized spacial score (nSPS) is 17.0. The van der Waals surface area contributed by atoms with Crippen LogP contribution >= 0.6 is 23.6 Å². The zero-order valence-corrected chi connectivity index (χ0v) is 32.8. The van der Waals surface area contributed by atoms with Gasteiger partial charge in [-0.2, -0.15) is 27.6 Å². The summed E-state index contributed by atoms with van der Waals surface area (Å²) in [6, 6.07) is 10.5. The third kappa shape index (κ3) is 9.96. The predicted molar refractivity (Wildman–Crippen MR) is 199 cm³/mol. The summed E-state index contributed by atoms with van der Waals surface area (Å²) in [6.07, 6.45) is 3.48. The molecule has 0 radical (unpaired) electrons. The number of allylic oxidation sites excluding steroid dienone is 2. The standard InChI is InChI=1S/C34H40ClF3N6O6S3/c1-5-41(6-2)50-52(45)25-14-15-28-30(22-25)44(19-20-51-49-42-16-8-7-9-17-42)32(39(28)3)12-10-13-33-40(4)29-24-27(35)26(34(36,37)38)23-31(29)43(33)18-11-21-53(46,47)48/h10,12-15,22-24H,5-9,11,16-18,21H2,1-4H3. The Hall–Kier alpha value is -3.12. The molecule has 0 N–H and O–H groups in total. The Morgan fingerprint density at radius 1 is 1.13 bits per heavy atom. The molecule has 0 spiro atoms. The van der Waals surface area contributed by atoms with Gasteiger partial charge >= 0.3 is 6.18 Å². The zero-order valence-electron chi connectivity index (χ0n) is 29.6. The molecule has 53 heavy (non-hydrogen) atoms. The van der Waals surface area contributed by atoms with Gasteiger partial charge in [0.05, 0.1) is 44.0 Å². The minimum atomic E-state index is -4.73. The van der Waals surface area contributed by atoms with Crippen LogP contribution in [-0.4, -0.2) is 77.4 Å². The van der Waals surface area contributed by atoms with E-state index in [4.69, 9.17) is 20.2 Å². The summed E-state index contributed by atoms with van der Waals surface area (Å²) in [6.45, 7) is 6.46. The fraction of sp³-hybridized carbons (Fsp3) is 0.441. The lowest BCUT2D eigenvalue weighted by molar-refractivity contribution is -0.647. The van der Waals surface area contributed by atoms with E-state index in [9.17, 15) is 30.4 Å². The molecular formula is C34H40ClF3N6O6S3. The molecule has 19 heteroatoms. The fourth-order valence-electron chi connectivity index (χ4n) is 6.05. The Morgan fingerprint density at radius 2 is 1.85 bits per heavy atom. The minimum absolute atomic E-state index is 0.0549. The third-order valence-corrected chi connectivity index (χ3v) is 11.3. The molecule has 1 saturated heterocycles. The van der Waals surface area contributed by atoms with Crippen molar-refractivity contribution in [1.82, 2.24) is 14.7 Å². The van der Waals surface area contributed by atoms with E-state index < -0.39 is 43.7 Å². The SMILES string of the molecule is CCN(CC)OS(=O)c1ccc2c(c1)n(C#CSON1CCCCC1)c(/C=C/C=C1\N(C)c3cc(Cl)c(C(F)(F)F)cc3N1CCCS(=O)(=O)[O-])[n+]2C. The maximum absolute atomic E-state index is 13.8. The highest BCUT2D eigenvalue weighted by atomic mass is 35.5. The van der Waals surface area contributed by atoms with Crippen LogP contribution in [-0.2, 0) is 43.0 Å². The van der Waals surface area contributed by atoms with E-state index in [-0.39, 0.29) is 18.7 Å². The van der Waals surface area contributed by atoms with E-state index in [0.29, 0.717) is 40.8 Å². The maximum atomic E-state index is 13.8. The summed E-state index contributed by atoms with van der Waals surface area (Å²) in [4.78, 5) is 3.59. The number of nitrogens with zero attached hydrogens (tertiary/aromatic N) is 6. The molecule has 3 aromatic rings. The van der Waals surface area contributed by atoms with Crippen molar-refractivity contribution in [3.8, 4) is 11.3 Å². The van der Waals surface area contributed by atoms with Crippen molar-refractivity contribution >= 4 is 73.3 Å². The molecule has 12 nitrogen and oxygen atoms in total. The third-order valence-electron chi connectivity index (χ3n) is 8.76. The van der Waals surface area contributed by atoms with Gasteiger partial charge in [-0.25, -0.2) is 21.5 Å². The molecule has 1 unspecified atom stereocenters. The van der Waals surface area contributed by atoms with Crippen LogP contribution in [0.25, 0.3) is 17.1 Å². The van der Waals surface area contributed by atoms with Gasteiger partial charge in [-0.3, -0.25) is 0 Å². The molecule has 2 aliphatic heterocycles. The number of benzene rings is 2. The van der Waals surface area contributed by atoms with Crippen molar-refractivity contribution in [2.75, 3.05) is 55.3 Å². The number of imidazole rings is 1. The smallest absolute Gasteiger partial charge is 0.417 e. The number of hydrogen-bond donors (Lipinski definition) is 0. The number of piperidine rings is 1. The molecule has 1 fully saturated rings. The molecule has 5 rings (SSSR count). The Balaban J connectivity index is 1.54. The van der Waals surface area contributed by atoms with Crippen LogP contribution in [0.2, 0.25) is 5.02 Å². The number of hydroxylamine groups is 4. The van der Waals surface area contributed by atoms with Crippen LogP contribution in [0.3, 0.4) is 0 Å². The number of rotatable bonds is 13. The van der Waals surface area contributed by atoms with Crippen LogP contribution in [0.15, 0.2) is 53.2 Å². The summed E-state index contributed by atoms with van der Waals surface area (Å²) in [5.74, 6) is 0.329.